The Morgan fingerprint density at radius 3 is 2.41 bits per heavy atom. The van der Waals surface area contributed by atoms with Crippen molar-refractivity contribution < 1.29 is 26.4 Å². The highest BCUT2D eigenvalue weighted by Crippen LogP contribution is 2.29. The third-order valence-corrected chi connectivity index (χ3v) is 6.26. The second kappa shape index (κ2) is 8.03. The molecule has 1 heterocycles. The molecule has 1 unspecified atom stereocenters. The summed E-state index contributed by atoms with van der Waals surface area (Å²) in [6, 6.07) is 4.82. The van der Waals surface area contributed by atoms with Crippen molar-refractivity contribution in [1.29, 1.82) is 0 Å². The lowest BCUT2D eigenvalue weighted by atomic mass is 10.0. The zero-order valence-corrected chi connectivity index (χ0v) is 16.5. The highest BCUT2D eigenvalue weighted by Gasteiger charge is 2.31. The number of hydrogen-bond donors (Lipinski definition) is 3. The summed E-state index contributed by atoms with van der Waals surface area (Å²) in [5.41, 5.74) is 0.0236. The molecule has 0 bridgehead atoms. The first-order chi connectivity index (χ1) is 13.6. The van der Waals surface area contributed by atoms with Gasteiger partial charge in [-0.15, -0.1) is 0 Å². The molecule has 0 saturated heterocycles. The maximum Gasteiger partial charge on any atom is 0.255 e. The molecule has 1 amide bonds. The fraction of sp³-hybridized carbons (Fsp3) is 0.316. The number of amides is 1. The molecule has 1 aliphatic rings. The maximum absolute atomic E-state index is 13.3. The van der Waals surface area contributed by atoms with Gasteiger partial charge in [0.25, 0.3) is 5.91 Å². The average molecular weight is 427 g/mol. The van der Waals surface area contributed by atoms with Gasteiger partial charge >= 0.3 is 0 Å². The van der Waals surface area contributed by atoms with Gasteiger partial charge in [-0.3, -0.25) is 4.79 Å². The van der Waals surface area contributed by atoms with Gasteiger partial charge < -0.3 is 10.6 Å². The van der Waals surface area contributed by atoms with Crippen molar-refractivity contribution in [2.75, 3.05) is 10.6 Å². The quantitative estimate of drug-likeness (QED) is 0.651. The SMILES string of the molecule is CCCC1Nc2ccc(C(=O)Nc3cc(F)c(F)c(F)c3)cc2S(=O)(=O)N[C@H]1C. The van der Waals surface area contributed by atoms with E-state index >= 15 is 0 Å². The van der Waals surface area contributed by atoms with Crippen LogP contribution in [0.4, 0.5) is 24.5 Å². The first-order valence-electron chi connectivity index (χ1n) is 9.01. The second-order valence-electron chi connectivity index (χ2n) is 6.87. The predicted molar refractivity (Wildman–Crippen MR) is 103 cm³/mol. The zero-order chi connectivity index (χ0) is 21.3. The number of fused-ring (bicyclic) bond motifs is 1. The third-order valence-electron chi connectivity index (χ3n) is 4.66. The number of rotatable bonds is 4. The zero-order valence-electron chi connectivity index (χ0n) is 15.7. The fourth-order valence-electron chi connectivity index (χ4n) is 3.18. The molecular weight excluding hydrogens is 407 g/mol. The summed E-state index contributed by atoms with van der Waals surface area (Å²) >= 11 is 0. The van der Waals surface area contributed by atoms with Crippen molar-refractivity contribution in [3.8, 4) is 0 Å². The molecule has 29 heavy (non-hydrogen) atoms. The molecular formula is C19H20F3N3O3S. The Balaban J connectivity index is 1.93. The summed E-state index contributed by atoms with van der Waals surface area (Å²) in [5.74, 6) is -5.34. The smallest absolute Gasteiger partial charge is 0.255 e. The minimum absolute atomic E-state index is 0.0392. The molecule has 3 rings (SSSR count). The van der Waals surface area contributed by atoms with E-state index in [0.717, 1.165) is 12.8 Å². The van der Waals surface area contributed by atoms with Crippen molar-refractivity contribution >= 4 is 27.3 Å². The molecule has 1 aliphatic heterocycles. The van der Waals surface area contributed by atoms with E-state index in [4.69, 9.17) is 0 Å². The number of benzene rings is 2. The Morgan fingerprint density at radius 1 is 1.14 bits per heavy atom. The number of hydrogen-bond acceptors (Lipinski definition) is 4. The fourth-order valence-corrected chi connectivity index (χ4v) is 4.66. The van der Waals surface area contributed by atoms with Crippen molar-refractivity contribution in [1.82, 2.24) is 4.72 Å². The summed E-state index contributed by atoms with van der Waals surface area (Å²) in [6.45, 7) is 3.74. The van der Waals surface area contributed by atoms with E-state index in [9.17, 15) is 26.4 Å². The summed E-state index contributed by atoms with van der Waals surface area (Å²) in [4.78, 5) is 12.3. The Bertz CT molecular complexity index is 1040. The van der Waals surface area contributed by atoms with E-state index in [1.54, 1.807) is 6.92 Å². The van der Waals surface area contributed by atoms with E-state index in [0.29, 0.717) is 17.8 Å². The van der Waals surface area contributed by atoms with Gasteiger partial charge in [0.15, 0.2) is 17.5 Å². The topological polar surface area (TPSA) is 87.3 Å². The first kappa shape index (κ1) is 21.1. The van der Waals surface area contributed by atoms with Crippen molar-refractivity contribution in [3.63, 3.8) is 0 Å². The lowest BCUT2D eigenvalue weighted by Crippen LogP contribution is -2.41. The maximum atomic E-state index is 13.3. The van der Waals surface area contributed by atoms with Crippen LogP contribution < -0.4 is 15.4 Å². The van der Waals surface area contributed by atoms with E-state index in [1.165, 1.54) is 18.2 Å². The lowest BCUT2D eigenvalue weighted by Gasteiger charge is -2.22. The highest BCUT2D eigenvalue weighted by atomic mass is 32.2. The number of carbonyl (C=O) groups excluding carboxylic acids is 1. The van der Waals surface area contributed by atoms with Gasteiger partial charge in [-0.25, -0.2) is 26.3 Å². The molecule has 0 aromatic heterocycles. The normalized spacial score (nSPS) is 20.3. The van der Waals surface area contributed by atoms with Crippen molar-refractivity contribution in [2.45, 2.75) is 43.7 Å². The minimum Gasteiger partial charge on any atom is -0.380 e. The predicted octanol–water partition coefficient (Wildman–Crippen LogP) is 3.62. The van der Waals surface area contributed by atoms with E-state index in [2.05, 4.69) is 15.4 Å². The van der Waals surface area contributed by atoms with Crippen LogP contribution in [0.5, 0.6) is 0 Å². The number of carbonyl (C=O) groups is 1. The van der Waals surface area contributed by atoms with E-state index < -0.39 is 33.4 Å². The second-order valence-corrected chi connectivity index (χ2v) is 8.55. The molecule has 6 nitrogen and oxygen atoms in total. The Kier molecular flexibility index (Phi) is 5.85. The van der Waals surface area contributed by atoms with E-state index in [-0.39, 0.29) is 28.2 Å². The monoisotopic (exact) mass is 427 g/mol. The minimum atomic E-state index is -3.89. The average Bonchev–Trinajstić information content (AvgIpc) is 2.73. The van der Waals surface area contributed by atoms with Gasteiger partial charge in [-0.05, 0) is 31.5 Å². The van der Waals surface area contributed by atoms with E-state index in [1.807, 2.05) is 6.92 Å². The van der Waals surface area contributed by atoms with Crippen LogP contribution in [0.25, 0.3) is 0 Å². The summed E-state index contributed by atoms with van der Waals surface area (Å²) in [5, 5.41) is 5.42. The van der Waals surface area contributed by atoms with Gasteiger partial charge in [-0.1, -0.05) is 13.3 Å². The number of halogens is 3. The molecule has 2 aromatic rings. The number of nitrogens with one attached hydrogen (secondary N) is 3. The Morgan fingerprint density at radius 2 is 1.79 bits per heavy atom. The van der Waals surface area contributed by atoms with Crippen LogP contribution in [0.15, 0.2) is 35.2 Å². The summed E-state index contributed by atoms with van der Waals surface area (Å²) in [6.07, 6.45) is 1.59. The van der Waals surface area contributed by atoms with Crippen LogP contribution >= 0.6 is 0 Å². The molecule has 0 fully saturated rings. The van der Waals surface area contributed by atoms with Crippen molar-refractivity contribution in [3.05, 3.63) is 53.3 Å². The highest BCUT2D eigenvalue weighted by molar-refractivity contribution is 7.89. The summed E-state index contributed by atoms with van der Waals surface area (Å²) in [7, 11) is -3.89. The largest absolute Gasteiger partial charge is 0.380 e. The summed E-state index contributed by atoms with van der Waals surface area (Å²) < 4.78 is 67.7. The van der Waals surface area contributed by atoms with Crippen LogP contribution in [0.2, 0.25) is 0 Å². The molecule has 156 valence electrons. The van der Waals surface area contributed by atoms with Crippen LogP contribution in [-0.4, -0.2) is 26.4 Å². The van der Waals surface area contributed by atoms with Gasteiger partial charge in [-0.2, -0.15) is 0 Å². The molecule has 0 saturated carbocycles. The first-order valence-corrected chi connectivity index (χ1v) is 10.5. The van der Waals surface area contributed by atoms with Gasteiger partial charge in [0.2, 0.25) is 10.0 Å². The third kappa shape index (κ3) is 4.38. The van der Waals surface area contributed by atoms with Crippen LogP contribution in [-0.2, 0) is 10.0 Å². The Labute approximate surface area is 166 Å². The van der Waals surface area contributed by atoms with Crippen LogP contribution in [0.1, 0.15) is 37.0 Å². The molecule has 0 radical (unpaired) electrons. The molecule has 2 aromatic carbocycles. The van der Waals surface area contributed by atoms with Gasteiger partial charge in [0, 0.05) is 35.5 Å². The molecule has 2 atom stereocenters. The number of sulfonamides is 1. The standard InChI is InChI=1S/C19H20F3N3O3S/c1-3-4-15-10(2)25-29(27,28)17-7-11(5-6-16(17)24-15)19(26)23-12-8-13(20)18(22)14(21)9-12/h5-10,15,24-25H,3-4H2,1-2H3,(H,23,26)/t10-,15?/m0/s1. The van der Waals surface area contributed by atoms with Gasteiger partial charge in [0.1, 0.15) is 4.90 Å². The van der Waals surface area contributed by atoms with Gasteiger partial charge in [0.05, 0.1) is 5.69 Å². The molecule has 0 spiro atoms. The molecule has 0 aliphatic carbocycles. The lowest BCUT2D eigenvalue weighted by molar-refractivity contribution is 0.102. The molecule has 3 N–H and O–H groups in total. The van der Waals surface area contributed by atoms with Crippen LogP contribution in [0, 0.1) is 17.5 Å². The number of anilines is 2. The van der Waals surface area contributed by atoms with Crippen LogP contribution in [0.3, 0.4) is 0 Å². The Hall–Kier alpha value is -2.59. The van der Waals surface area contributed by atoms with Crippen molar-refractivity contribution in [2.24, 2.45) is 0 Å². The molecule has 10 heteroatoms.